The van der Waals surface area contributed by atoms with E-state index in [1.807, 2.05) is 30.3 Å². The van der Waals surface area contributed by atoms with Crippen LogP contribution in [0.3, 0.4) is 0 Å². The zero-order valence-electron chi connectivity index (χ0n) is 11.6. The Labute approximate surface area is 121 Å². The van der Waals surface area contributed by atoms with E-state index < -0.39 is 18.3 Å². The fourth-order valence-corrected chi connectivity index (χ4v) is 2.78. The van der Waals surface area contributed by atoms with E-state index in [-0.39, 0.29) is 12.0 Å². The number of halogens is 3. The van der Waals surface area contributed by atoms with Crippen LogP contribution in [-0.4, -0.2) is 23.1 Å². The summed E-state index contributed by atoms with van der Waals surface area (Å²) in [5, 5.41) is 9.39. The van der Waals surface area contributed by atoms with Crippen LogP contribution >= 0.6 is 0 Å². The second-order valence-electron chi connectivity index (χ2n) is 5.71. The monoisotopic (exact) mass is 303 g/mol. The smallest absolute Gasteiger partial charge is 0.430 e. The van der Waals surface area contributed by atoms with E-state index in [2.05, 4.69) is 0 Å². The van der Waals surface area contributed by atoms with Gasteiger partial charge < -0.3 is 9.84 Å². The first-order chi connectivity index (χ1) is 9.78. The highest BCUT2D eigenvalue weighted by Gasteiger charge is 2.52. The number of hydrogen-bond donors (Lipinski definition) is 2. The van der Waals surface area contributed by atoms with Gasteiger partial charge in [0.1, 0.15) is 5.75 Å². The summed E-state index contributed by atoms with van der Waals surface area (Å²) in [4.78, 5) is 0. The Hall–Kier alpha value is -1.27. The Bertz CT molecular complexity index is 448. The van der Waals surface area contributed by atoms with Gasteiger partial charge >= 0.3 is 6.18 Å². The van der Waals surface area contributed by atoms with Crippen molar-refractivity contribution in [1.29, 1.82) is 0 Å². The predicted molar refractivity (Wildman–Crippen MR) is 72.6 cm³/mol. The van der Waals surface area contributed by atoms with Gasteiger partial charge in [-0.25, -0.2) is 0 Å². The van der Waals surface area contributed by atoms with Crippen molar-refractivity contribution >= 4 is 0 Å². The fourth-order valence-electron chi connectivity index (χ4n) is 2.78. The number of hydrogen-bond acceptors (Lipinski definition) is 3. The molecule has 1 aromatic rings. The molecule has 3 atom stereocenters. The van der Waals surface area contributed by atoms with Gasteiger partial charge in [0.15, 0.2) is 0 Å². The minimum absolute atomic E-state index is 0.129. The quantitative estimate of drug-likeness (QED) is 0.840. The number of alkyl halides is 3. The number of nitrogens with two attached hydrogens (primary N) is 1. The van der Waals surface area contributed by atoms with E-state index >= 15 is 0 Å². The summed E-state index contributed by atoms with van der Waals surface area (Å²) in [6.07, 6.45) is -2.73. The van der Waals surface area contributed by atoms with Crippen molar-refractivity contribution in [2.45, 2.75) is 50.1 Å². The topological polar surface area (TPSA) is 55.5 Å². The number of benzene rings is 1. The molecule has 0 radical (unpaired) electrons. The predicted octanol–water partition coefficient (Wildman–Crippen LogP) is 3.22. The van der Waals surface area contributed by atoms with Crippen molar-refractivity contribution in [3.63, 3.8) is 0 Å². The molecule has 0 bridgehead atoms. The first-order valence-corrected chi connectivity index (χ1v) is 7.07. The summed E-state index contributed by atoms with van der Waals surface area (Å²) < 4.78 is 43.7. The van der Waals surface area contributed by atoms with Crippen molar-refractivity contribution in [2.75, 3.05) is 0 Å². The molecule has 0 aliphatic heterocycles. The minimum atomic E-state index is -4.81. The highest BCUT2D eigenvalue weighted by atomic mass is 19.4. The molecule has 0 saturated heterocycles. The van der Waals surface area contributed by atoms with Crippen LogP contribution in [-0.2, 0) is 0 Å². The molecule has 0 spiro atoms. The molecule has 3 nitrogen and oxygen atoms in total. The maximum Gasteiger partial charge on any atom is 0.430 e. The van der Waals surface area contributed by atoms with E-state index in [9.17, 15) is 18.3 Å². The molecule has 1 aromatic carbocycles. The molecule has 0 amide bonds. The van der Waals surface area contributed by atoms with Gasteiger partial charge in [0.2, 0.25) is 5.72 Å². The van der Waals surface area contributed by atoms with Crippen molar-refractivity contribution in [3.05, 3.63) is 30.3 Å². The highest BCUT2D eigenvalue weighted by Crippen LogP contribution is 2.37. The second kappa shape index (κ2) is 6.23. The fraction of sp³-hybridized carbons (Fsp3) is 0.600. The average Bonchev–Trinajstić information content (AvgIpc) is 2.38. The standard InChI is InChI=1S/C15H20F3NO2/c16-15(17,18)14(19,20)10-11-5-4-8-13(9-11)21-12-6-2-1-3-7-12/h1-3,6-7,11,13,20H,4-5,8-10,19H2. The van der Waals surface area contributed by atoms with E-state index in [1.54, 1.807) is 0 Å². The number of rotatable bonds is 4. The Kier molecular flexibility index (Phi) is 4.78. The molecule has 0 heterocycles. The third-order valence-electron chi connectivity index (χ3n) is 3.87. The largest absolute Gasteiger partial charge is 0.490 e. The van der Waals surface area contributed by atoms with Crippen LogP contribution in [0.2, 0.25) is 0 Å². The third-order valence-corrected chi connectivity index (χ3v) is 3.87. The van der Waals surface area contributed by atoms with E-state index in [4.69, 9.17) is 10.5 Å². The number of aliphatic hydroxyl groups is 1. The van der Waals surface area contributed by atoms with Gasteiger partial charge in [-0.15, -0.1) is 0 Å². The minimum Gasteiger partial charge on any atom is -0.490 e. The van der Waals surface area contributed by atoms with Crippen molar-refractivity contribution in [3.8, 4) is 5.75 Å². The molecule has 1 aliphatic rings. The van der Waals surface area contributed by atoms with Crippen LogP contribution in [0.5, 0.6) is 5.75 Å². The first kappa shape index (κ1) is 16.1. The van der Waals surface area contributed by atoms with Crippen LogP contribution in [0.4, 0.5) is 13.2 Å². The molecule has 1 fully saturated rings. The lowest BCUT2D eigenvalue weighted by molar-refractivity contribution is -0.265. The summed E-state index contributed by atoms with van der Waals surface area (Å²) in [5.41, 5.74) is 1.89. The molecule has 6 heteroatoms. The van der Waals surface area contributed by atoms with Crippen molar-refractivity contribution < 1.29 is 23.0 Å². The third kappa shape index (κ3) is 4.35. The summed E-state index contributed by atoms with van der Waals surface area (Å²) in [7, 11) is 0. The number of para-hydroxylation sites is 1. The molecule has 1 saturated carbocycles. The molecular formula is C15H20F3NO2. The summed E-state index contributed by atoms with van der Waals surface area (Å²) >= 11 is 0. The molecular weight excluding hydrogens is 283 g/mol. The maximum absolute atomic E-state index is 12.6. The van der Waals surface area contributed by atoms with Crippen molar-refractivity contribution in [1.82, 2.24) is 0 Å². The van der Waals surface area contributed by atoms with E-state index in [0.29, 0.717) is 18.6 Å². The highest BCUT2D eigenvalue weighted by molar-refractivity contribution is 5.21. The lowest BCUT2D eigenvalue weighted by Gasteiger charge is -2.34. The van der Waals surface area contributed by atoms with Gasteiger partial charge in [0, 0.05) is 6.42 Å². The molecule has 0 aromatic heterocycles. The summed E-state index contributed by atoms with van der Waals surface area (Å²) in [6, 6.07) is 9.20. The molecule has 1 aliphatic carbocycles. The molecule has 118 valence electrons. The lowest BCUT2D eigenvalue weighted by atomic mass is 9.82. The van der Waals surface area contributed by atoms with Crippen LogP contribution in [0.1, 0.15) is 32.1 Å². The van der Waals surface area contributed by atoms with Gasteiger partial charge in [-0.2, -0.15) is 13.2 Å². The van der Waals surface area contributed by atoms with Gasteiger partial charge in [-0.3, -0.25) is 5.73 Å². The van der Waals surface area contributed by atoms with Crippen LogP contribution in [0.15, 0.2) is 30.3 Å². The molecule has 3 unspecified atom stereocenters. The summed E-state index contributed by atoms with van der Waals surface area (Å²) in [5.74, 6) is 0.422. The van der Waals surface area contributed by atoms with Crippen LogP contribution < -0.4 is 10.5 Å². The van der Waals surface area contributed by atoms with E-state index in [0.717, 1.165) is 12.8 Å². The molecule has 3 N–H and O–H groups in total. The van der Waals surface area contributed by atoms with E-state index in [1.165, 1.54) is 0 Å². The van der Waals surface area contributed by atoms with Gasteiger partial charge in [0.25, 0.3) is 0 Å². The first-order valence-electron chi connectivity index (χ1n) is 7.07. The van der Waals surface area contributed by atoms with Crippen LogP contribution in [0, 0.1) is 5.92 Å². The Morgan fingerprint density at radius 3 is 2.48 bits per heavy atom. The Morgan fingerprint density at radius 2 is 1.86 bits per heavy atom. The molecule has 21 heavy (non-hydrogen) atoms. The molecule has 2 rings (SSSR count). The van der Waals surface area contributed by atoms with Crippen LogP contribution in [0.25, 0.3) is 0 Å². The average molecular weight is 303 g/mol. The lowest BCUT2D eigenvalue weighted by Crippen LogP contribution is -2.54. The normalized spacial score (nSPS) is 26.1. The SMILES string of the molecule is NC(O)(CC1CCCC(Oc2ccccc2)C1)C(F)(F)F. The Balaban J connectivity index is 1.92. The maximum atomic E-state index is 12.6. The Morgan fingerprint density at radius 1 is 1.19 bits per heavy atom. The zero-order valence-corrected chi connectivity index (χ0v) is 11.6. The summed E-state index contributed by atoms with van der Waals surface area (Å²) in [6.45, 7) is 0. The van der Waals surface area contributed by atoms with Crippen molar-refractivity contribution in [2.24, 2.45) is 11.7 Å². The number of ether oxygens (including phenoxy) is 1. The zero-order chi connectivity index (χ0) is 15.5. The van der Waals surface area contributed by atoms with Gasteiger partial charge in [0.05, 0.1) is 6.10 Å². The van der Waals surface area contributed by atoms with Gasteiger partial charge in [-0.05, 0) is 37.3 Å². The van der Waals surface area contributed by atoms with Gasteiger partial charge in [-0.1, -0.05) is 24.6 Å². The second-order valence-corrected chi connectivity index (χ2v) is 5.71.